The van der Waals surface area contributed by atoms with Crippen LogP contribution in [0.3, 0.4) is 0 Å². The van der Waals surface area contributed by atoms with E-state index >= 15 is 0 Å². The number of amides is 2. The first-order valence-electron chi connectivity index (χ1n) is 8.05. The smallest absolute Gasteiger partial charge is 0.319 e. The van der Waals surface area contributed by atoms with E-state index in [1.54, 1.807) is 14.0 Å². The fourth-order valence-electron chi connectivity index (χ4n) is 2.61. The number of urea groups is 1. The molecule has 0 radical (unpaired) electrons. The van der Waals surface area contributed by atoms with Gasteiger partial charge in [-0.15, -0.1) is 0 Å². The Labute approximate surface area is 140 Å². The zero-order chi connectivity index (χ0) is 17.0. The molecule has 2 N–H and O–H groups in total. The largest absolute Gasteiger partial charge is 0.385 e. The van der Waals surface area contributed by atoms with Crippen molar-refractivity contribution >= 4 is 11.7 Å². The quantitative estimate of drug-likeness (QED) is 0.814. The van der Waals surface area contributed by atoms with E-state index in [0.717, 1.165) is 31.4 Å². The molecule has 1 aromatic heterocycles. The third-order valence-electron chi connectivity index (χ3n) is 4.32. The standard InChI is InChI=1S/C17H22N4O3/c1-12-19-15(21-24-12)13-4-3-5-14(10-13)20-16(22)18-11-17(6-7-17)8-9-23-2/h3-5,10H,6-9,11H2,1-2H3,(H2,18,20,22). The number of methoxy groups -OCH3 is 1. The molecular weight excluding hydrogens is 308 g/mol. The lowest BCUT2D eigenvalue weighted by Gasteiger charge is -2.16. The minimum atomic E-state index is -0.208. The highest BCUT2D eigenvalue weighted by Gasteiger charge is 2.42. The number of aryl methyl sites for hydroxylation is 1. The van der Waals surface area contributed by atoms with Crippen LogP contribution in [-0.2, 0) is 4.74 Å². The topological polar surface area (TPSA) is 89.3 Å². The van der Waals surface area contributed by atoms with Gasteiger partial charge in [0.15, 0.2) is 0 Å². The summed E-state index contributed by atoms with van der Waals surface area (Å²) in [6, 6.07) is 7.16. The molecule has 1 heterocycles. The average Bonchev–Trinajstić information content (AvgIpc) is 3.23. The first kappa shape index (κ1) is 16.4. The van der Waals surface area contributed by atoms with E-state index in [1.807, 2.05) is 24.3 Å². The molecule has 0 saturated heterocycles. The molecule has 7 nitrogen and oxygen atoms in total. The molecule has 3 rings (SSSR count). The third kappa shape index (κ3) is 4.11. The monoisotopic (exact) mass is 330 g/mol. The Morgan fingerprint density at radius 3 is 2.92 bits per heavy atom. The Bertz CT molecular complexity index is 709. The van der Waals surface area contributed by atoms with Crippen LogP contribution >= 0.6 is 0 Å². The highest BCUT2D eigenvalue weighted by atomic mass is 16.5. The average molecular weight is 330 g/mol. The molecule has 7 heteroatoms. The van der Waals surface area contributed by atoms with E-state index in [2.05, 4.69) is 20.8 Å². The molecule has 1 saturated carbocycles. The number of rotatable bonds is 7. The van der Waals surface area contributed by atoms with E-state index in [0.29, 0.717) is 23.9 Å². The van der Waals surface area contributed by atoms with Crippen LogP contribution in [-0.4, -0.2) is 36.4 Å². The lowest BCUT2D eigenvalue weighted by Crippen LogP contribution is -2.34. The van der Waals surface area contributed by atoms with Crippen molar-refractivity contribution in [3.05, 3.63) is 30.2 Å². The van der Waals surface area contributed by atoms with Gasteiger partial charge in [-0.2, -0.15) is 4.98 Å². The number of carbonyl (C=O) groups is 1. The molecule has 0 unspecified atom stereocenters. The normalized spacial score (nSPS) is 15.1. The molecule has 2 aromatic rings. The van der Waals surface area contributed by atoms with Crippen molar-refractivity contribution in [1.82, 2.24) is 15.5 Å². The second kappa shape index (κ2) is 7.00. The summed E-state index contributed by atoms with van der Waals surface area (Å²) in [4.78, 5) is 16.3. The van der Waals surface area contributed by atoms with Gasteiger partial charge in [-0.1, -0.05) is 17.3 Å². The molecular formula is C17H22N4O3. The molecule has 0 bridgehead atoms. The summed E-state index contributed by atoms with van der Waals surface area (Å²) in [5.41, 5.74) is 1.70. The summed E-state index contributed by atoms with van der Waals surface area (Å²) >= 11 is 0. The molecule has 0 aliphatic heterocycles. The van der Waals surface area contributed by atoms with Crippen molar-refractivity contribution in [2.75, 3.05) is 25.6 Å². The molecule has 1 aromatic carbocycles. The maximum absolute atomic E-state index is 12.1. The lowest BCUT2D eigenvalue weighted by atomic mass is 10.0. The van der Waals surface area contributed by atoms with Gasteiger partial charge in [0.05, 0.1) is 0 Å². The predicted octanol–water partition coefficient (Wildman–Crippen LogP) is 2.98. The molecule has 0 spiro atoms. The summed E-state index contributed by atoms with van der Waals surface area (Å²) in [5.74, 6) is 1.01. The van der Waals surface area contributed by atoms with Crippen LogP contribution < -0.4 is 10.6 Å². The highest BCUT2D eigenvalue weighted by molar-refractivity contribution is 5.89. The van der Waals surface area contributed by atoms with Gasteiger partial charge in [-0.25, -0.2) is 4.79 Å². The van der Waals surface area contributed by atoms with Crippen LogP contribution in [0.25, 0.3) is 11.4 Å². The number of nitrogens with one attached hydrogen (secondary N) is 2. The summed E-state index contributed by atoms with van der Waals surface area (Å²) in [6.07, 6.45) is 3.27. The molecule has 128 valence electrons. The van der Waals surface area contributed by atoms with Crippen molar-refractivity contribution in [2.24, 2.45) is 5.41 Å². The second-order valence-corrected chi connectivity index (χ2v) is 6.27. The van der Waals surface area contributed by atoms with Crippen molar-refractivity contribution < 1.29 is 14.1 Å². The van der Waals surface area contributed by atoms with Crippen LogP contribution in [0, 0.1) is 12.3 Å². The maximum atomic E-state index is 12.1. The molecule has 2 amide bonds. The van der Waals surface area contributed by atoms with Crippen molar-refractivity contribution in [3.63, 3.8) is 0 Å². The van der Waals surface area contributed by atoms with Crippen molar-refractivity contribution in [3.8, 4) is 11.4 Å². The molecule has 1 aliphatic rings. The second-order valence-electron chi connectivity index (χ2n) is 6.27. The number of hydrogen-bond acceptors (Lipinski definition) is 5. The van der Waals surface area contributed by atoms with Crippen LogP contribution in [0.4, 0.5) is 10.5 Å². The maximum Gasteiger partial charge on any atom is 0.319 e. The summed E-state index contributed by atoms with van der Waals surface area (Å²) < 4.78 is 10.1. The summed E-state index contributed by atoms with van der Waals surface area (Å²) in [7, 11) is 1.70. The van der Waals surface area contributed by atoms with Gasteiger partial charge in [0.25, 0.3) is 0 Å². The van der Waals surface area contributed by atoms with Gasteiger partial charge >= 0.3 is 6.03 Å². The fourth-order valence-corrected chi connectivity index (χ4v) is 2.61. The molecule has 24 heavy (non-hydrogen) atoms. The van der Waals surface area contributed by atoms with Crippen LogP contribution in [0.2, 0.25) is 0 Å². The fraction of sp³-hybridized carbons (Fsp3) is 0.471. The Kier molecular flexibility index (Phi) is 4.80. The molecule has 1 fully saturated rings. The number of benzene rings is 1. The summed E-state index contributed by atoms with van der Waals surface area (Å²) in [5, 5.41) is 9.68. The summed E-state index contributed by atoms with van der Waals surface area (Å²) in [6.45, 7) is 3.14. The van der Waals surface area contributed by atoms with Crippen molar-refractivity contribution in [2.45, 2.75) is 26.2 Å². The van der Waals surface area contributed by atoms with Gasteiger partial charge in [-0.05, 0) is 36.8 Å². The van der Waals surface area contributed by atoms with E-state index in [9.17, 15) is 4.79 Å². The number of ether oxygens (including phenoxy) is 1. The first-order valence-corrected chi connectivity index (χ1v) is 8.05. The number of anilines is 1. The van der Waals surface area contributed by atoms with Crippen LogP contribution in [0.5, 0.6) is 0 Å². The first-order chi connectivity index (χ1) is 11.6. The minimum Gasteiger partial charge on any atom is -0.385 e. The van der Waals surface area contributed by atoms with E-state index in [1.165, 1.54) is 0 Å². The Morgan fingerprint density at radius 2 is 2.25 bits per heavy atom. The number of nitrogens with zero attached hydrogens (tertiary/aromatic N) is 2. The molecule has 0 atom stereocenters. The SMILES string of the molecule is COCCC1(CNC(=O)Nc2cccc(-c3noc(C)n3)c2)CC1. The number of hydrogen-bond donors (Lipinski definition) is 2. The zero-order valence-corrected chi connectivity index (χ0v) is 14.0. The Morgan fingerprint density at radius 1 is 1.42 bits per heavy atom. The van der Waals surface area contributed by atoms with E-state index in [-0.39, 0.29) is 11.4 Å². The molecule has 1 aliphatic carbocycles. The Hall–Kier alpha value is -2.41. The van der Waals surface area contributed by atoms with Crippen LogP contribution in [0.15, 0.2) is 28.8 Å². The van der Waals surface area contributed by atoms with E-state index < -0.39 is 0 Å². The van der Waals surface area contributed by atoms with Gasteiger partial charge in [0.1, 0.15) is 0 Å². The van der Waals surface area contributed by atoms with Crippen molar-refractivity contribution in [1.29, 1.82) is 0 Å². The van der Waals surface area contributed by atoms with Gasteiger partial charge in [0.2, 0.25) is 11.7 Å². The van der Waals surface area contributed by atoms with Gasteiger partial charge in [0, 0.05) is 38.4 Å². The van der Waals surface area contributed by atoms with Gasteiger partial charge < -0.3 is 19.9 Å². The van der Waals surface area contributed by atoms with Gasteiger partial charge in [-0.3, -0.25) is 0 Å². The minimum absolute atomic E-state index is 0.208. The third-order valence-corrected chi connectivity index (χ3v) is 4.32. The Balaban J connectivity index is 1.55. The van der Waals surface area contributed by atoms with E-state index in [4.69, 9.17) is 9.26 Å². The number of aromatic nitrogens is 2. The predicted molar refractivity (Wildman–Crippen MR) is 89.7 cm³/mol. The number of carbonyl (C=O) groups excluding carboxylic acids is 1. The lowest BCUT2D eigenvalue weighted by molar-refractivity contribution is 0.171. The highest BCUT2D eigenvalue weighted by Crippen LogP contribution is 2.48. The van der Waals surface area contributed by atoms with Crippen LogP contribution in [0.1, 0.15) is 25.2 Å². The zero-order valence-electron chi connectivity index (χ0n) is 14.0.